The highest BCUT2D eigenvalue weighted by molar-refractivity contribution is 5.87. The van der Waals surface area contributed by atoms with Gasteiger partial charge in [-0.05, 0) is 61.4 Å². The van der Waals surface area contributed by atoms with Crippen LogP contribution in [-0.4, -0.2) is 28.8 Å². The van der Waals surface area contributed by atoms with Crippen molar-refractivity contribution in [3.8, 4) is 0 Å². The number of hydrogen-bond donors (Lipinski definition) is 1. The molecule has 0 radical (unpaired) electrons. The van der Waals surface area contributed by atoms with E-state index in [-0.39, 0.29) is 35.6 Å². The van der Waals surface area contributed by atoms with Gasteiger partial charge in [0.05, 0.1) is 0 Å². The van der Waals surface area contributed by atoms with Crippen molar-refractivity contribution in [2.24, 2.45) is 0 Å². The van der Waals surface area contributed by atoms with Crippen molar-refractivity contribution in [2.45, 2.75) is 78.4 Å². The average Bonchev–Trinajstić information content (AvgIpc) is 2.70. The summed E-state index contributed by atoms with van der Waals surface area (Å²) in [7, 11) is 0. The molecule has 0 aromatic heterocycles. The van der Waals surface area contributed by atoms with Crippen LogP contribution >= 0.6 is 0 Å². The van der Waals surface area contributed by atoms with Crippen LogP contribution in [0.4, 0.5) is 4.39 Å². The van der Waals surface area contributed by atoms with Crippen LogP contribution in [0.15, 0.2) is 48.5 Å². The van der Waals surface area contributed by atoms with Crippen molar-refractivity contribution in [1.29, 1.82) is 0 Å². The molecule has 0 spiro atoms. The van der Waals surface area contributed by atoms with Gasteiger partial charge >= 0.3 is 0 Å². The first-order chi connectivity index (χ1) is 14.5. The standard InChI is InChI=1S/C26H35FN2O2/c1-18(2)28-25(31)19(3)29(17-21-9-14-23(27)15-10-21)24(30)16-11-20-7-12-22(13-8-20)26(4,5)6/h7-10,12-15,18-19H,11,16-17H2,1-6H3,(H,28,31). The van der Waals surface area contributed by atoms with Crippen LogP contribution in [-0.2, 0) is 28.0 Å². The zero-order valence-electron chi connectivity index (χ0n) is 19.5. The summed E-state index contributed by atoms with van der Waals surface area (Å²) in [6, 6.07) is 13.7. The molecule has 1 atom stereocenters. The van der Waals surface area contributed by atoms with Crippen LogP contribution in [0.3, 0.4) is 0 Å². The maximum Gasteiger partial charge on any atom is 0.242 e. The molecule has 0 bridgehead atoms. The Balaban J connectivity index is 2.12. The molecule has 0 heterocycles. The lowest BCUT2D eigenvalue weighted by Crippen LogP contribution is -2.49. The summed E-state index contributed by atoms with van der Waals surface area (Å²) in [5, 5.41) is 2.87. The van der Waals surface area contributed by atoms with Crippen LogP contribution in [0, 0.1) is 5.82 Å². The number of carbonyl (C=O) groups excluding carboxylic acids is 2. The molecule has 31 heavy (non-hydrogen) atoms. The number of carbonyl (C=O) groups is 2. The lowest BCUT2D eigenvalue weighted by Gasteiger charge is -2.29. The second-order valence-corrected chi connectivity index (χ2v) is 9.43. The van der Waals surface area contributed by atoms with Gasteiger partial charge in [-0.2, -0.15) is 0 Å². The number of nitrogens with one attached hydrogen (secondary N) is 1. The van der Waals surface area contributed by atoms with E-state index in [1.807, 2.05) is 13.8 Å². The second kappa shape index (κ2) is 10.6. The Morgan fingerprint density at radius 3 is 2.00 bits per heavy atom. The van der Waals surface area contributed by atoms with E-state index in [1.165, 1.54) is 17.7 Å². The van der Waals surface area contributed by atoms with Crippen LogP contribution in [0.25, 0.3) is 0 Å². The van der Waals surface area contributed by atoms with Gasteiger partial charge in [0.25, 0.3) is 0 Å². The molecule has 0 aliphatic rings. The number of halogens is 1. The van der Waals surface area contributed by atoms with Crippen LogP contribution < -0.4 is 5.32 Å². The highest BCUT2D eigenvalue weighted by Crippen LogP contribution is 2.22. The van der Waals surface area contributed by atoms with E-state index in [1.54, 1.807) is 24.0 Å². The van der Waals surface area contributed by atoms with E-state index in [4.69, 9.17) is 0 Å². The third-order valence-electron chi connectivity index (χ3n) is 5.31. The van der Waals surface area contributed by atoms with Crippen molar-refractivity contribution in [3.05, 3.63) is 71.0 Å². The zero-order chi connectivity index (χ0) is 23.2. The fraction of sp³-hybridized carbons (Fsp3) is 0.462. The number of nitrogens with zero attached hydrogens (tertiary/aromatic N) is 1. The molecule has 1 unspecified atom stereocenters. The number of aryl methyl sites for hydroxylation is 1. The summed E-state index contributed by atoms with van der Waals surface area (Å²) in [5.41, 5.74) is 3.20. The lowest BCUT2D eigenvalue weighted by molar-refractivity contribution is -0.140. The van der Waals surface area contributed by atoms with Gasteiger partial charge in [0.1, 0.15) is 11.9 Å². The minimum absolute atomic E-state index is 0.0148. The van der Waals surface area contributed by atoms with Gasteiger partial charge in [0, 0.05) is 19.0 Å². The number of amides is 2. The van der Waals surface area contributed by atoms with E-state index in [0.29, 0.717) is 12.8 Å². The Morgan fingerprint density at radius 1 is 0.935 bits per heavy atom. The van der Waals surface area contributed by atoms with Crippen molar-refractivity contribution in [1.82, 2.24) is 10.2 Å². The van der Waals surface area contributed by atoms with Crippen molar-refractivity contribution in [3.63, 3.8) is 0 Å². The maximum atomic E-state index is 13.3. The largest absolute Gasteiger partial charge is 0.352 e. The molecule has 2 rings (SSSR count). The molecule has 2 aromatic rings. The van der Waals surface area contributed by atoms with Crippen molar-refractivity contribution >= 4 is 11.8 Å². The molecule has 0 saturated carbocycles. The van der Waals surface area contributed by atoms with E-state index in [9.17, 15) is 14.0 Å². The number of hydrogen-bond acceptors (Lipinski definition) is 2. The smallest absolute Gasteiger partial charge is 0.242 e. The fourth-order valence-corrected chi connectivity index (χ4v) is 3.34. The van der Waals surface area contributed by atoms with Gasteiger partial charge in [0.2, 0.25) is 11.8 Å². The van der Waals surface area contributed by atoms with Gasteiger partial charge in [0.15, 0.2) is 0 Å². The minimum Gasteiger partial charge on any atom is -0.352 e. The molecule has 168 valence electrons. The molecule has 2 amide bonds. The Labute approximate surface area is 185 Å². The monoisotopic (exact) mass is 426 g/mol. The zero-order valence-corrected chi connectivity index (χ0v) is 19.5. The summed E-state index contributed by atoms with van der Waals surface area (Å²) in [6.45, 7) is 12.3. The summed E-state index contributed by atoms with van der Waals surface area (Å²) >= 11 is 0. The highest BCUT2D eigenvalue weighted by atomic mass is 19.1. The summed E-state index contributed by atoms with van der Waals surface area (Å²) in [5.74, 6) is -0.624. The van der Waals surface area contributed by atoms with E-state index in [0.717, 1.165) is 11.1 Å². The molecule has 4 nitrogen and oxygen atoms in total. The first-order valence-electron chi connectivity index (χ1n) is 10.9. The van der Waals surface area contributed by atoms with Gasteiger partial charge in [-0.3, -0.25) is 9.59 Å². The highest BCUT2D eigenvalue weighted by Gasteiger charge is 2.26. The quantitative estimate of drug-likeness (QED) is 0.646. The SMILES string of the molecule is CC(C)NC(=O)C(C)N(Cc1ccc(F)cc1)C(=O)CCc1ccc(C(C)(C)C)cc1. The number of benzene rings is 2. The Kier molecular flexibility index (Phi) is 8.37. The maximum absolute atomic E-state index is 13.3. The first-order valence-corrected chi connectivity index (χ1v) is 10.9. The summed E-state index contributed by atoms with van der Waals surface area (Å²) in [4.78, 5) is 27.3. The first kappa shape index (κ1) is 24.6. The molecule has 0 fully saturated rings. The van der Waals surface area contributed by atoms with Crippen LogP contribution in [0.1, 0.15) is 64.7 Å². The Morgan fingerprint density at radius 2 is 1.48 bits per heavy atom. The molecule has 5 heteroatoms. The van der Waals surface area contributed by atoms with Gasteiger partial charge in [-0.15, -0.1) is 0 Å². The van der Waals surface area contributed by atoms with Gasteiger partial charge in [-0.1, -0.05) is 57.2 Å². The Hall–Kier alpha value is -2.69. The molecular weight excluding hydrogens is 391 g/mol. The molecule has 2 aromatic carbocycles. The average molecular weight is 427 g/mol. The van der Waals surface area contributed by atoms with Crippen molar-refractivity contribution < 1.29 is 14.0 Å². The fourth-order valence-electron chi connectivity index (χ4n) is 3.34. The second-order valence-electron chi connectivity index (χ2n) is 9.43. The topological polar surface area (TPSA) is 49.4 Å². The molecule has 1 N–H and O–H groups in total. The van der Waals surface area contributed by atoms with Crippen LogP contribution in [0.2, 0.25) is 0 Å². The van der Waals surface area contributed by atoms with Crippen LogP contribution in [0.5, 0.6) is 0 Å². The molecular formula is C26H35FN2O2. The normalized spacial score (nSPS) is 12.5. The van der Waals surface area contributed by atoms with E-state index >= 15 is 0 Å². The summed E-state index contributed by atoms with van der Waals surface area (Å²) < 4.78 is 13.3. The third-order valence-corrected chi connectivity index (χ3v) is 5.31. The lowest BCUT2D eigenvalue weighted by atomic mass is 9.86. The third kappa shape index (κ3) is 7.50. The molecule has 0 aliphatic carbocycles. The van der Waals surface area contributed by atoms with E-state index < -0.39 is 6.04 Å². The number of rotatable bonds is 8. The van der Waals surface area contributed by atoms with Crippen molar-refractivity contribution in [2.75, 3.05) is 0 Å². The molecule has 0 saturated heterocycles. The Bertz CT molecular complexity index is 868. The summed E-state index contributed by atoms with van der Waals surface area (Å²) in [6.07, 6.45) is 0.900. The predicted molar refractivity (Wildman–Crippen MR) is 123 cm³/mol. The minimum atomic E-state index is -0.622. The predicted octanol–water partition coefficient (Wildman–Crippen LogP) is 5.00. The van der Waals surface area contributed by atoms with Gasteiger partial charge < -0.3 is 10.2 Å². The molecule has 0 aliphatic heterocycles. The van der Waals surface area contributed by atoms with E-state index in [2.05, 4.69) is 50.4 Å². The van der Waals surface area contributed by atoms with Gasteiger partial charge in [-0.25, -0.2) is 4.39 Å².